The monoisotopic (exact) mass is 249 g/mol. The van der Waals surface area contributed by atoms with Crippen molar-refractivity contribution in [3.63, 3.8) is 0 Å². The fourth-order valence-electron chi connectivity index (χ4n) is 2.37. The van der Waals surface area contributed by atoms with E-state index < -0.39 is 11.6 Å². The van der Waals surface area contributed by atoms with Crippen molar-refractivity contribution >= 4 is 11.0 Å². The number of nitrogens with one attached hydrogen (secondary N) is 1. The third-order valence-electron chi connectivity index (χ3n) is 3.60. The van der Waals surface area contributed by atoms with Crippen molar-refractivity contribution in [2.45, 2.75) is 25.0 Å². The van der Waals surface area contributed by atoms with E-state index in [1.807, 2.05) is 31.2 Å². The number of hydrogen-bond acceptors (Lipinski definition) is 4. The molecule has 2 atom stereocenters. The van der Waals surface area contributed by atoms with Crippen LogP contribution in [-0.2, 0) is 5.60 Å². The maximum Gasteiger partial charge on any atom is 0.133 e. The molecule has 2 aromatic rings. The van der Waals surface area contributed by atoms with E-state index in [0.29, 0.717) is 6.42 Å². The van der Waals surface area contributed by atoms with Crippen LogP contribution in [0.25, 0.3) is 11.0 Å². The Kier molecular flexibility index (Phi) is 3.71. The van der Waals surface area contributed by atoms with E-state index in [-0.39, 0.29) is 6.61 Å². The summed E-state index contributed by atoms with van der Waals surface area (Å²) in [5.41, 5.74) is 0.490. The Hall–Kier alpha value is -1.36. The highest BCUT2D eigenvalue weighted by Gasteiger charge is 2.35. The van der Waals surface area contributed by atoms with Gasteiger partial charge in [-0.3, -0.25) is 0 Å². The van der Waals surface area contributed by atoms with Crippen molar-refractivity contribution < 1.29 is 14.6 Å². The molecule has 0 fully saturated rings. The zero-order valence-electron chi connectivity index (χ0n) is 10.7. The van der Waals surface area contributed by atoms with Crippen LogP contribution in [0.2, 0.25) is 0 Å². The Morgan fingerprint density at radius 2 is 2.17 bits per heavy atom. The van der Waals surface area contributed by atoms with E-state index >= 15 is 0 Å². The van der Waals surface area contributed by atoms with Crippen LogP contribution >= 0.6 is 0 Å². The number of benzene rings is 1. The van der Waals surface area contributed by atoms with Gasteiger partial charge in [-0.05, 0) is 37.2 Å². The summed E-state index contributed by atoms with van der Waals surface area (Å²) >= 11 is 0. The first-order chi connectivity index (χ1) is 8.65. The highest BCUT2D eigenvalue weighted by atomic mass is 16.3. The zero-order valence-corrected chi connectivity index (χ0v) is 10.7. The molecule has 0 bridgehead atoms. The molecular formula is C14H19NO3. The van der Waals surface area contributed by atoms with Crippen molar-refractivity contribution in [3.05, 3.63) is 36.1 Å². The molecule has 98 valence electrons. The predicted molar refractivity (Wildman–Crippen MR) is 70.3 cm³/mol. The van der Waals surface area contributed by atoms with Gasteiger partial charge in [-0.15, -0.1) is 0 Å². The molecule has 0 saturated heterocycles. The number of fused-ring (bicyclic) bond motifs is 1. The van der Waals surface area contributed by atoms with Gasteiger partial charge in [0.15, 0.2) is 0 Å². The molecule has 4 heteroatoms. The molecule has 0 aliphatic rings. The maximum atomic E-state index is 10.8. The Morgan fingerprint density at radius 1 is 1.39 bits per heavy atom. The number of furan rings is 1. The molecule has 0 amide bonds. The summed E-state index contributed by atoms with van der Waals surface area (Å²) in [7, 11) is 1.73. The average Bonchev–Trinajstić information content (AvgIpc) is 2.86. The van der Waals surface area contributed by atoms with Crippen molar-refractivity contribution in [1.82, 2.24) is 5.32 Å². The fraction of sp³-hybridized carbons (Fsp3) is 0.429. The summed E-state index contributed by atoms with van der Waals surface area (Å²) in [6, 6.07) is 7.06. The topological polar surface area (TPSA) is 65.6 Å². The largest absolute Gasteiger partial charge is 0.464 e. The second-order valence-electron chi connectivity index (χ2n) is 4.47. The summed E-state index contributed by atoms with van der Waals surface area (Å²) in [4.78, 5) is 0. The van der Waals surface area contributed by atoms with E-state index in [9.17, 15) is 10.2 Å². The molecular weight excluding hydrogens is 230 g/mol. The van der Waals surface area contributed by atoms with E-state index in [1.165, 1.54) is 0 Å². The predicted octanol–water partition coefficient (Wildman–Crippen LogP) is 1.61. The number of likely N-dealkylation sites (N-methyl/N-ethyl adjacent to an activating group) is 1. The van der Waals surface area contributed by atoms with E-state index in [1.54, 1.807) is 13.3 Å². The summed E-state index contributed by atoms with van der Waals surface area (Å²) in [5, 5.41) is 24.1. The first-order valence-electron chi connectivity index (χ1n) is 6.14. The Morgan fingerprint density at radius 3 is 2.78 bits per heavy atom. The molecule has 1 heterocycles. The minimum absolute atomic E-state index is 0.121. The minimum atomic E-state index is -1.09. The van der Waals surface area contributed by atoms with Crippen LogP contribution in [0.3, 0.4) is 0 Å². The Balaban J connectivity index is 2.47. The van der Waals surface area contributed by atoms with Gasteiger partial charge in [-0.2, -0.15) is 0 Å². The summed E-state index contributed by atoms with van der Waals surface area (Å²) in [6.07, 6.45) is 2.14. The number of aliphatic hydroxyl groups is 2. The highest BCUT2D eigenvalue weighted by Crippen LogP contribution is 2.31. The molecule has 4 nitrogen and oxygen atoms in total. The van der Waals surface area contributed by atoms with Crippen LogP contribution in [0.1, 0.15) is 18.9 Å². The van der Waals surface area contributed by atoms with Crippen LogP contribution in [0.5, 0.6) is 0 Å². The number of hydrogen-bond donors (Lipinski definition) is 3. The molecule has 1 aromatic heterocycles. The van der Waals surface area contributed by atoms with Gasteiger partial charge in [0.25, 0.3) is 0 Å². The number of aliphatic hydroxyl groups excluding tert-OH is 1. The smallest absolute Gasteiger partial charge is 0.133 e. The average molecular weight is 249 g/mol. The molecule has 0 aliphatic carbocycles. The SMILES string of the molecule is CCC(O)(c1ccc2occc2c1)C(CO)NC. The van der Waals surface area contributed by atoms with Gasteiger partial charge in [-0.25, -0.2) is 0 Å². The molecule has 2 rings (SSSR count). The van der Waals surface area contributed by atoms with Crippen molar-refractivity contribution in [1.29, 1.82) is 0 Å². The van der Waals surface area contributed by atoms with Crippen molar-refractivity contribution in [2.24, 2.45) is 0 Å². The van der Waals surface area contributed by atoms with E-state index in [0.717, 1.165) is 16.5 Å². The zero-order chi connectivity index (χ0) is 13.2. The third kappa shape index (κ3) is 2.03. The van der Waals surface area contributed by atoms with Crippen LogP contribution in [-0.4, -0.2) is 29.9 Å². The quantitative estimate of drug-likeness (QED) is 0.753. The van der Waals surface area contributed by atoms with Gasteiger partial charge in [0.2, 0.25) is 0 Å². The molecule has 0 radical (unpaired) electrons. The van der Waals surface area contributed by atoms with Gasteiger partial charge >= 0.3 is 0 Å². The first kappa shape index (κ1) is 13.1. The van der Waals surface area contributed by atoms with Crippen molar-refractivity contribution in [3.8, 4) is 0 Å². The van der Waals surface area contributed by atoms with Crippen LogP contribution in [0, 0.1) is 0 Å². The van der Waals surface area contributed by atoms with Crippen molar-refractivity contribution in [2.75, 3.05) is 13.7 Å². The molecule has 3 N–H and O–H groups in total. The molecule has 0 saturated carbocycles. The third-order valence-corrected chi connectivity index (χ3v) is 3.60. The lowest BCUT2D eigenvalue weighted by Crippen LogP contribution is -2.49. The van der Waals surface area contributed by atoms with Gasteiger partial charge in [-0.1, -0.05) is 13.0 Å². The van der Waals surface area contributed by atoms with E-state index in [2.05, 4.69) is 5.32 Å². The second-order valence-corrected chi connectivity index (χ2v) is 4.47. The lowest BCUT2D eigenvalue weighted by atomic mass is 9.84. The highest BCUT2D eigenvalue weighted by molar-refractivity contribution is 5.78. The lowest BCUT2D eigenvalue weighted by Gasteiger charge is -2.34. The molecule has 18 heavy (non-hydrogen) atoms. The van der Waals surface area contributed by atoms with Gasteiger partial charge in [0.05, 0.1) is 18.9 Å². The molecule has 0 aliphatic heterocycles. The van der Waals surface area contributed by atoms with Gasteiger partial charge in [0.1, 0.15) is 11.2 Å². The van der Waals surface area contributed by atoms with E-state index in [4.69, 9.17) is 4.42 Å². The summed E-state index contributed by atoms with van der Waals surface area (Å²) < 4.78 is 5.29. The summed E-state index contributed by atoms with van der Waals surface area (Å²) in [6.45, 7) is 1.78. The molecule has 2 unspecified atom stereocenters. The van der Waals surface area contributed by atoms with Gasteiger partial charge in [0, 0.05) is 5.39 Å². The van der Waals surface area contributed by atoms with Gasteiger partial charge < -0.3 is 19.9 Å². The standard InChI is InChI=1S/C14H19NO3/c1-3-14(17,13(9-16)15-2)11-4-5-12-10(8-11)6-7-18-12/h4-8,13,15-17H,3,9H2,1-2H3. The fourth-order valence-corrected chi connectivity index (χ4v) is 2.37. The summed E-state index contributed by atoms with van der Waals surface area (Å²) in [5.74, 6) is 0. The first-order valence-corrected chi connectivity index (χ1v) is 6.14. The lowest BCUT2D eigenvalue weighted by molar-refractivity contribution is -0.0231. The second kappa shape index (κ2) is 5.10. The number of rotatable bonds is 5. The normalized spacial score (nSPS) is 16.7. The van der Waals surface area contributed by atoms with Crippen LogP contribution in [0.4, 0.5) is 0 Å². The molecule has 1 aromatic carbocycles. The van der Waals surface area contributed by atoms with Crippen LogP contribution < -0.4 is 5.32 Å². The molecule has 0 spiro atoms. The van der Waals surface area contributed by atoms with Crippen LogP contribution in [0.15, 0.2) is 34.9 Å². The maximum absolute atomic E-state index is 10.8. The minimum Gasteiger partial charge on any atom is -0.464 e. The Labute approximate surface area is 106 Å². The Bertz CT molecular complexity index is 518.